The van der Waals surface area contributed by atoms with E-state index >= 15 is 0 Å². The topological polar surface area (TPSA) is 55.0 Å². The molecule has 0 aromatic carbocycles. The standard InChI is InChI=1S/C13H19IN2O2/c1-13(2,3)10-9(14)12(17)16-11(15-10)8-4-6-18-7-5-8/h8H,4-7H2,1-3H3,(H,15,16,17). The predicted molar refractivity (Wildman–Crippen MR) is 79.1 cm³/mol. The van der Waals surface area contributed by atoms with Gasteiger partial charge >= 0.3 is 0 Å². The van der Waals surface area contributed by atoms with Crippen LogP contribution in [0.25, 0.3) is 0 Å². The molecule has 0 saturated carbocycles. The average molecular weight is 362 g/mol. The quantitative estimate of drug-likeness (QED) is 0.782. The molecule has 0 radical (unpaired) electrons. The number of nitrogens with zero attached hydrogens (tertiary/aromatic N) is 1. The summed E-state index contributed by atoms with van der Waals surface area (Å²) in [5.74, 6) is 1.15. The molecule has 0 unspecified atom stereocenters. The van der Waals surface area contributed by atoms with Crippen LogP contribution in [0, 0.1) is 3.57 Å². The summed E-state index contributed by atoms with van der Waals surface area (Å²) in [4.78, 5) is 19.7. The summed E-state index contributed by atoms with van der Waals surface area (Å²) < 4.78 is 6.06. The van der Waals surface area contributed by atoms with Crippen LogP contribution < -0.4 is 5.56 Å². The second-order valence-electron chi connectivity index (χ2n) is 5.75. The number of rotatable bonds is 1. The van der Waals surface area contributed by atoms with Crippen LogP contribution in [0.4, 0.5) is 0 Å². The number of halogens is 1. The summed E-state index contributed by atoms with van der Waals surface area (Å²) in [7, 11) is 0. The summed E-state index contributed by atoms with van der Waals surface area (Å²) in [6.07, 6.45) is 1.88. The van der Waals surface area contributed by atoms with Crippen molar-refractivity contribution in [3.05, 3.63) is 25.4 Å². The van der Waals surface area contributed by atoms with Crippen molar-refractivity contribution in [2.75, 3.05) is 13.2 Å². The van der Waals surface area contributed by atoms with E-state index in [0.717, 1.165) is 37.6 Å². The van der Waals surface area contributed by atoms with Crippen molar-refractivity contribution < 1.29 is 4.74 Å². The van der Waals surface area contributed by atoms with Crippen LogP contribution in [0.2, 0.25) is 0 Å². The molecular weight excluding hydrogens is 343 g/mol. The highest BCUT2D eigenvalue weighted by molar-refractivity contribution is 14.1. The summed E-state index contributed by atoms with van der Waals surface area (Å²) in [6, 6.07) is 0. The molecule has 100 valence electrons. The van der Waals surface area contributed by atoms with Crippen molar-refractivity contribution in [2.24, 2.45) is 0 Å². The van der Waals surface area contributed by atoms with E-state index in [1.165, 1.54) is 0 Å². The minimum Gasteiger partial charge on any atom is -0.381 e. The largest absolute Gasteiger partial charge is 0.381 e. The molecule has 1 saturated heterocycles. The number of hydrogen-bond donors (Lipinski definition) is 1. The first-order valence-corrected chi connectivity index (χ1v) is 7.35. The minimum atomic E-state index is -0.106. The molecule has 18 heavy (non-hydrogen) atoms. The van der Waals surface area contributed by atoms with Gasteiger partial charge in [-0.25, -0.2) is 4.98 Å². The number of hydrogen-bond acceptors (Lipinski definition) is 3. The Morgan fingerprint density at radius 3 is 2.50 bits per heavy atom. The van der Waals surface area contributed by atoms with Crippen molar-refractivity contribution in [3.8, 4) is 0 Å². The van der Waals surface area contributed by atoms with Crippen LogP contribution in [-0.2, 0) is 10.2 Å². The van der Waals surface area contributed by atoms with Gasteiger partial charge in [0.25, 0.3) is 5.56 Å². The number of aromatic nitrogens is 2. The molecule has 1 aliphatic heterocycles. The Bertz CT molecular complexity index is 485. The van der Waals surface area contributed by atoms with Gasteiger partial charge in [-0.3, -0.25) is 4.79 Å². The minimum absolute atomic E-state index is 0.0167. The summed E-state index contributed by atoms with van der Waals surface area (Å²) in [5.41, 5.74) is 0.774. The highest BCUT2D eigenvalue weighted by Crippen LogP contribution is 2.27. The van der Waals surface area contributed by atoms with Gasteiger partial charge in [-0.15, -0.1) is 0 Å². The van der Waals surface area contributed by atoms with Gasteiger partial charge in [-0.1, -0.05) is 20.8 Å². The monoisotopic (exact) mass is 362 g/mol. The molecule has 0 aliphatic carbocycles. The molecule has 2 heterocycles. The van der Waals surface area contributed by atoms with Crippen molar-refractivity contribution in [3.63, 3.8) is 0 Å². The molecule has 1 N–H and O–H groups in total. The van der Waals surface area contributed by atoms with E-state index in [2.05, 4.69) is 48.3 Å². The average Bonchev–Trinajstić information content (AvgIpc) is 2.32. The van der Waals surface area contributed by atoms with E-state index in [1.54, 1.807) is 0 Å². The maximum Gasteiger partial charge on any atom is 0.264 e. The molecule has 0 spiro atoms. The Hall–Kier alpha value is -0.430. The molecular formula is C13H19IN2O2. The molecule has 0 bridgehead atoms. The van der Waals surface area contributed by atoms with Gasteiger partial charge in [0.2, 0.25) is 0 Å². The maximum absolute atomic E-state index is 12.0. The van der Waals surface area contributed by atoms with E-state index in [1.807, 2.05) is 0 Å². The number of aromatic amines is 1. The third-order valence-corrected chi connectivity index (χ3v) is 4.20. The van der Waals surface area contributed by atoms with Crippen molar-refractivity contribution >= 4 is 22.6 Å². The highest BCUT2D eigenvalue weighted by Gasteiger charge is 2.25. The fourth-order valence-corrected chi connectivity index (χ4v) is 3.20. The molecule has 1 aromatic rings. The zero-order valence-electron chi connectivity index (χ0n) is 11.0. The number of nitrogens with one attached hydrogen (secondary N) is 1. The lowest BCUT2D eigenvalue weighted by Gasteiger charge is -2.24. The van der Waals surface area contributed by atoms with Crippen LogP contribution in [0.1, 0.15) is 51.0 Å². The zero-order chi connectivity index (χ0) is 13.3. The van der Waals surface area contributed by atoms with Crippen LogP contribution >= 0.6 is 22.6 Å². The van der Waals surface area contributed by atoms with E-state index in [9.17, 15) is 4.79 Å². The van der Waals surface area contributed by atoms with Crippen molar-refractivity contribution in [1.82, 2.24) is 9.97 Å². The lowest BCUT2D eigenvalue weighted by molar-refractivity contribution is 0.0834. The SMILES string of the molecule is CC(C)(C)c1nc(C2CCOCC2)[nH]c(=O)c1I. The lowest BCUT2D eigenvalue weighted by Crippen LogP contribution is -2.28. The van der Waals surface area contributed by atoms with Crippen LogP contribution in [-0.4, -0.2) is 23.2 Å². The van der Waals surface area contributed by atoms with Gasteiger partial charge in [-0.2, -0.15) is 0 Å². The summed E-state index contributed by atoms with van der Waals surface area (Å²) in [6.45, 7) is 7.77. The van der Waals surface area contributed by atoms with Gasteiger partial charge in [-0.05, 0) is 35.4 Å². The Balaban J connectivity index is 2.44. The zero-order valence-corrected chi connectivity index (χ0v) is 13.2. The first-order valence-electron chi connectivity index (χ1n) is 6.27. The third kappa shape index (κ3) is 2.93. The molecule has 4 nitrogen and oxygen atoms in total. The molecule has 0 amide bonds. The van der Waals surface area contributed by atoms with E-state index in [4.69, 9.17) is 9.72 Å². The maximum atomic E-state index is 12.0. The van der Waals surface area contributed by atoms with Crippen LogP contribution in [0.15, 0.2) is 4.79 Å². The van der Waals surface area contributed by atoms with E-state index < -0.39 is 0 Å². The number of H-pyrrole nitrogens is 1. The van der Waals surface area contributed by atoms with Crippen LogP contribution in [0.5, 0.6) is 0 Å². The van der Waals surface area contributed by atoms with Gasteiger partial charge in [0.05, 0.1) is 5.69 Å². The predicted octanol–water partition coefficient (Wildman–Crippen LogP) is 2.57. The Morgan fingerprint density at radius 2 is 1.94 bits per heavy atom. The molecule has 5 heteroatoms. The molecule has 1 fully saturated rings. The van der Waals surface area contributed by atoms with Crippen molar-refractivity contribution in [1.29, 1.82) is 0 Å². The van der Waals surface area contributed by atoms with Crippen LogP contribution in [0.3, 0.4) is 0 Å². The second-order valence-corrected chi connectivity index (χ2v) is 6.83. The summed E-state index contributed by atoms with van der Waals surface area (Å²) >= 11 is 2.09. The third-order valence-electron chi connectivity index (χ3n) is 3.20. The lowest BCUT2D eigenvalue weighted by atomic mass is 9.91. The Morgan fingerprint density at radius 1 is 1.33 bits per heavy atom. The summed E-state index contributed by atoms with van der Waals surface area (Å²) in [5, 5.41) is 0. The van der Waals surface area contributed by atoms with Gasteiger partial charge in [0.1, 0.15) is 9.39 Å². The van der Waals surface area contributed by atoms with Gasteiger partial charge < -0.3 is 9.72 Å². The highest BCUT2D eigenvalue weighted by atomic mass is 127. The Kier molecular flexibility index (Phi) is 4.11. The van der Waals surface area contributed by atoms with Gasteiger partial charge in [0, 0.05) is 24.5 Å². The molecule has 2 rings (SSSR count). The van der Waals surface area contributed by atoms with Gasteiger partial charge in [0.15, 0.2) is 0 Å². The number of ether oxygens (including phenoxy) is 1. The van der Waals surface area contributed by atoms with Crippen molar-refractivity contribution in [2.45, 2.75) is 44.9 Å². The molecule has 1 aromatic heterocycles. The molecule has 1 aliphatic rings. The smallest absolute Gasteiger partial charge is 0.264 e. The Labute approximate surface area is 121 Å². The fraction of sp³-hybridized carbons (Fsp3) is 0.692. The van der Waals surface area contributed by atoms with E-state index in [-0.39, 0.29) is 11.0 Å². The molecule has 0 atom stereocenters. The first-order chi connectivity index (χ1) is 8.39. The first kappa shape index (κ1) is 14.0. The fourth-order valence-electron chi connectivity index (χ4n) is 2.14. The normalized spacial score (nSPS) is 18.0. The van der Waals surface area contributed by atoms with E-state index in [0.29, 0.717) is 9.49 Å². The second kappa shape index (κ2) is 5.28.